The molecule has 0 saturated heterocycles. The summed E-state index contributed by atoms with van der Waals surface area (Å²) in [7, 11) is 0. The molecule has 10 heteroatoms. The molecule has 7 rings (SSSR count). The van der Waals surface area contributed by atoms with E-state index < -0.39 is 23.6 Å². The lowest BCUT2D eigenvalue weighted by atomic mass is 9.77. The summed E-state index contributed by atoms with van der Waals surface area (Å²) in [6.07, 6.45) is 0. The number of hydrogen-bond acceptors (Lipinski definition) is 7. The molecule has 1 atom stereocenters. The number of nitrogens with two attached hydrogens (primary N) is 1. The van der Waals surface area contributed by atoms with Crippen molar-refractivity contribution in [3.63, 3.8) is 0 Å². The summed E-state index contributed by atoms with van der Waals surface area (Å²) in [5.41, 5.74) is 8.29. The van der Waals surface area contributed by atoms with Crippen LogP contribution in [-0.2, 0) is 15.1 Å². The maximum Gasteiger partial charge on any atom is 0.340 e. The van der Waals surface area contributed by atoms with Crippen molar-refractivity contribution in [3.05, 3.63) is 149 Å². The van der Waals surface area contributed by atoms with Crippen molar-refractivity contribution in [1.29, 1.82) is 0 Å². The van der Waals surface area contributed by atoms with Gasteiger partial charge in [-0.25, -0.2) is 9.59 Å². The van der Waals surface area contributed by atoms with Gasteiger partial charge in [-0.3, -0.25) is 0 Å². The molecule has 0 bridgehead atoms. The molecule has 1 spiro atoms. The minimum Gasteiger partial charge on any atom is -0.508 e. The molecule has 9 nitrogen and oxygen atoms in total. The fraction of sp³-hybridized carbons (Fsp3) is 0.0571. The molecular formula is C35H26N2O7S. The standard InChI is InChI=1S/C20H12O5.C15H14N2O2S/c21-11-5-7-15-17(9-11)24-18-10-12(22)6-8-16(18)20(15)14-4-2-1-3-13(14)19(23)25-20;16-15(20)17(12-9-5-2-6-10-12)13(14(18)19)11-7-3-1-4-8-11/h1-10,21-22H;1-10,13H,(H2,16,20)(H,18,19). The first-order valence-corrected chi connectivity index (χ1v) is 14.2. The third-order valence-corrected chi connectivity index (χ3v) is 7.76. The first-order chi connectivity index (χ1) is 21.7. The quantitative estimate of drug-likeness (QED) is 0.135. The van der Waals surface area contributed by atoms with Crippen molar-refractivity contribution in [1.82, 2.24) is 0 Å². The van der Waals surface area contributed by atoms with E-state index in [4.69, 9.17) is 27.4 Å². The molecule has 5 aromatic rings. The van der Waals surface area contributed by atoms with Crippen LogP contribution in [0.3, 0.4) is 0 Å². The molecule has 0 aliphatic carbocycles. The summed E-state index contributed by atoms with van der Waals surface area (Å²) in [6, 6.07) is 33.5. The minimum atomic E-state index is -1.17. The molecule has 224 valence electrons. The third-order valence-electron chi connectivity index (χ3n) is 7.56. The predicted molar refractivity (Wildman–Crippen MR) is 171 cm³/mol. The Morgan fingerprint density at radius 1 is 0.756 bits per heavy atom. The summed E-state index contributed by atoms with van der Waals surface area (Å²) in [5.74, 6) is -0.598. The largest absolute Gasteiger partial charge is 0.508 e. The number of carbonyl (C=O) groups is 2. The molecule has 0 fully saturated rings. The Bertz CT molecular complexity index is 1820. The zero-order valence-corrected chi connectivity index (χ0v) is 24.3. The van der Waals surface area contributed by atoms with Gasteiger partial charge < -0.3 is 35.4 Å². The van der Waals surface area contributed by atoms with E-state index in [9.17, 15) is 24.9 Å². The molecule has 45 heavy (non-hydrogen) atoms. The van der Waals surface area contributed by atoms with Crippen LogP contribution in [0.5, 0.6) is 23.0 Å². The van der Waals surface area contributed by atoms with Crippen molar-refractivity contribution in [3.8, 4) is 23.0 Å². The molecule has 2 aliphatic rings. The van der Waals surface area contributed by atoms with Crippen LogP contribution >= 0.6 is 12.2 Å². The Balaban J connectivity index is 0.000000164. The number of rotatable bonds is 4. The first-order valence-electron chi connectivity index (χ1n) is 13.8. The summed E-state index contributed by atoms with van der Waals surface area (Å²) < 4.78 is 11.8. The Morgan fingerprint density at radius 3 is 1.84 bits per heavy atom. The van der Waals surface area contributed by atoms with Crippen LogP contribution in [0.15, 0.2) is 121 Å². The van der Waals surface area contributed by atoms with Crippen LogP contribution in [0.2, 0.25) is 0 Å². The van der Waals surface area contributed by atoms with Crippen molar-refractivity contribution in [2.45, 2.75) is 11.6 Å². The zero-order valence-electron chi connectivity index (χ0n) is 23.5. The van der Waals surface area contributed by atoms with Gasteiger partial charge in [-0.2, -0.15) is 0 Å². The SMILES string of the molecule is NC(=S)N(c1ccccc1)C(C(=O)O)c1ccccc1.O=C1OC2(c3ccc(O)cc3Oc3cc(O)ccc32)c2ccccc21. The lowest BCUT2D eigenvalue weighted by molar-refractivity contribution is -0.138. The number of aromatic hydroxyl groups is 2. The number of anilines is 1. The summed E-state index contributed by atoms with van der Waals surface area (Å²) in [4.78, 5) is 25.6. The van der Waals surface area contributed by atoms with Crippen molar-refractivity contribution >= 4 is 35.0 Å². The number of esters is 1. The molecule has 0 aromatic heterocycles. The van der Waals surface area contributed by atoms with Crippen LogP contribution in [0.4, 0.5) is 5.69 Å². The number of fused-ring (bicyclic) bond motifs is 6. The number of phenolic OH excluding ortho intramolecular Hbond substituents is 2. The van der Waals surface area contributed by atoms with E-state index in [1.165, 1.54) is 29.2 Å². The summed E-state index contributed by atoms with van der Waals surface area (Å²) in [5, 5.41) is 29.2. The smallest absolute Gasteiger partial charge is 0.340 e. The van der Waals surface area contributed by atoms with Crippen LogP contribution in [0, 0.1) is 0 Å². The number of aliphatic carboxylic acids is 1. The van der Waals surface area contributed by atoms with Gasteiger partial charge in [0.15, 0.2) is 16.8 Å². The van der Waals surface area contributed by atoms with Gasteiger partial charge in [-0.15, -0.1) is 0 Å². The van der Waals surface area contributed by atoms with Crippen molar-refractivity contribution in [2.75, 3.05) is 4.90 Å². The third kappa shape index (κ3) is 5.17. The number of nitrogens with zero attached hydrogens (tertiary/aromatic N) is 1. The number of para-hydroxylation sites is 1. The lowest BCUT2D eigenvalue weighted by Crippen LogP contribution is -2.42. The monoisotopic (exact) mass is 618 g/mol. The Hall–Kier alpha value is -5.87. The Labute approximate surface area is 263 Å². The van der Waals surface area contributed by atoms with Crippen molar-refractivity contribution in [2.24, 2.45) is 5.73 Å². The van der Waals surface area contributed by atoms with E-state index in [0.29, 0.717) is 45.0 Å². The first kappa shape index (κ1) is 29.2. The molecule has 0 saturated carbocycles. The Kier molecular flexibility index (Phi) is 7.57. The summed E-state index contributed by atoms with van der Waals surface area (Å²) >= 11 is 5.03. The number of hydrogen-bond donors (Lipinski definition) is 4. The second-order valence-corrected chi connectivity index (χ2v) is 10.7. The fourth-order valence-electron chi connectivity index (χ4n) is 5.68. The van der Waals surface area contributed by atoms with Crippen LogP contribution in [-0.4, -0.2) is 32.4 Å². The van der Waals surface area contributed by atoms with Gasteiger partial charge in [0, 0.05) is 34.5 Å². The molecule has 0 radical (unpaired) electrons. The van der Waals surface area contributed by atoms with Crippen molar-refractivity contribution < 1.29 is 34.4 Å². The number of carbonyl (C=O) groups excluding carboxylic acids is 1. The van der Waals surface area contributed by atoms with Crippen LogP contribution in [0.1, 0.15) is 38.7 Å². The number of thiocarbonyl (C=S) groups is 1. The van der Waals surface area contributed by atoms with Crippen LogP contribution in [0.25, 0.3) is 0 Å². The molecule has 5 aromatic carbocycles. The molecular weight excluding hydrogens is 592 g/mol. The van der Waals surface area contributed by atoms with E-state index in [2.05, 4.69) is 0 Å². The number of benzene rings is 5. The molecule has 0 amide bonds. The predicted octanol–water partition coefficient (Wildman–Crippen LogP) is 6.23. The van der Waals surface area contributed by atoms with E-state index in [-0.39, 0.29) is 16.6 Å². The maximum absolute atomic E-state index is 12.5. The fourth-order valence-corrected chi connectivity index (χ4v) is 5.89. The second-order valence-electron chi connectivity index (χ2n) is 10.3. The normalized spacial score (nSPS) is 13.9. The summed E-state index contributed by atoms with van der Waals surface area (Å²) in [6.45, 7) is 0. The molecule has 1 unspecified atom stereocenters. The average Bonchev–Trinajstić information content (AvgIpc) is 3.32. The minimum absolute atomic E-state index is 0.0208. The molecule has 5 N–H and O–H groups in total. The molecule has 2 aliphatic heterocycles. The van der Waals surface area contributed by atoms with Gasteiger partial charge in [0.25, 0.3) is 0 Å². The molecule has 2 heterocycles. The lowest BCUT2D eigenvalue weighted by Gasteiger charge is -2.36. The van der Waals surface area contributed by atoms with Gasteiger partial charge in [-0.1, -0.05) is 66.7 Å². The van der Waals surface area contributed by atoms with Gasteiger partial charge in [0.05, 0.1) is 5.56 Å². The van der Waals surface area contributed by atoms with Gasteiger partial charge in [0.1, 0.15) is 23.0 Å². The second kappa shape index (κ2) is 11.7. The van der Waals surface area contributed by atoms with E-state index >= 15 is 0 Å². The number of carboxylic acid groups (broad SMARTS) is 1. The highest BCUT2D eigenvalue weighted by atomic mass is 32.1. The van der Waals surface area contributed by atoms with E-state index in [0.717, 1.165) is 0 Å². The van der Waals surface area contributed by atoms with E-state index in [1.54, 1.807) is 60.7 Å². The highest BCUT2D eigenvalue weighted by molar-refractivity contribution is 7.80. The Morgan fingerprint density at radius 2 is 1.29 bits per heavy atom. The van der Waals surface area contributed by atoms with Crippen LogP contribution < -0.4 is 15.4 Å². The highest BCUT2D eigenvalue weighted by Crippen LogP contribution is 2.56. The van der Waals surface area contributed by atoms with Gasteiger partial charge in [-0.05, 0) is 60.2 Å². The van der Waals surface area contributed by atoms with E-state index in [1.807, 2.05) is 36.4 Å². The van der Waals surface area contributed by atoms with Gasteiger partial charge >= 0.3 is 11.9 Å². The maximum atomic E-state index is 12.5. The number of ether oxygens (including phenoxy) is 2. The highest BCUT2D eigenvalue weighted by Gasteiger charge is 2.53. The average molecular weight is 619 g/mol. The van der Waals surface area contributed by atoms with Gasteiger partial charge in [0.2, 0.25) is 0 Å². The number of carboxylic acids is 1. The number of phenols is 2. The zero-order chi connectivity index (χ0) is 31.7. The topological polar surface area (TPSA) is 143 Å².